The van der Waals surface area contributed by atoms with Gasteiger partial charge in [0.05, 0.1) is 11.0 Å². The Bertz CT molecular complexity index is 468. The molecule has 0 saturated heterocycles. The number of aromatic nitrogens is 2. The smallest absolute Gasteiger partial charge is 0.319 e. The summed E-state index contributed by atoms with van der Waals surface area (Å²) in [4.78, 5) is 23.2. The van der Waals surface area contributed by atoms with Gasteiger partial charge >= 0.3 is 5.69 Å². The summed E-state index contributed by atoms with van der Waals surface area (Å²) in [5.74, 6) is -0.295. The SMILES string of the molecule is CN(CC(O)C1CC1)C(=O)c1[nH]ncc1[N+](=O)[O-]. The Labute approximate surface area is 103 Å². The summed E-state index contributed by atoms with van der Waals surface area (Å²) >= 11 is 0. The first-order chi connectivity index (χ1) is 8.50. The molecule has 1 aromatic rings. The maximum Gasteiger partial charge on any atom is 0.319 e. The van der Waals surface area contributed by atoms with Crippen LogP contribution in [0.25, 0.3) is 0 Å². The van der Waals surface area contributed by atoms with Crippen LogP contribution in [0.5, 0.6) is 0 Å². The fourth-order valence-electron chi connectivity index (χ4n) is 1.76. The van der Waals surface area contributed by atoms with Crippen LogP contribution in [0.2, 0.25) is 0 Å². The van der Waals surface area contributed by atoms with E-state index in [2.05, 4.69) is 10.2 Å². The van der Waals surface area contributed by atoms with Crippen LogP contribution in [-0.4, -0.2) is 50.7 Å². The van der Waals surface area contributed by atoms with E-state index in [9.17, 15) is 20.0 Å². The van der Waals surface area contributed by atoms with Gasteiger partial charge in [0.2, 0.25) is 5.69 Å². The number of hydrogen-bond acceptors (Lipinski definition) is 5. The molecular formula is C10H14N4O4. The normalized spacial score (nSPS) is 16.3. The van der Waals surface area contributed by atoms with Crippen molar-refractivity contribution in [2.45, 2.75) is 18.9 Å². The fourth-order valence-corrected chi connectivity index (χ4v) is 1.76. The van der Waals surface area contributed by atoms with Gasteiger partial charge in [0.25, 0.3) is 5.91 Å². The van der Waals surface area contributed by atoms with E-state index in [-0.39, 0.29) is 23.8 Å². The van der Waals surface area contributed by atoms with Crippen molar-refractivity contribution in [3.8, 4) is 0 Å². The Hall–Kier alpha value is -1.96. The number of hydrogen-bond donors (Lipinski definition) is 2. The number of carbonyl (C=O) groups is 1. The predicted molar refractivity (Wildman–Crippen MR) is 60.9 cm³/mol. The Kier molecular flexibility index (Phi) is 3.28. The molecule has 1 fully saturated rings. The van der Waals surface area contributed by atoms with Crippen LogP contribution >= 0.6 is 0 Å². The quantitative estimate of drug-likeness (QED) is 0.574. The number of carbonyl (C=O) groups excluding carboxylic acids is 1. The van der Waals surface area contributed by atoms with Gasteiger partial charge in [0, 0.05) is 13.6 Å². The fraction of sp³-hybridized carbons (Fsp3) is 0.600. The summed E-state index contributed by atoms with van der Waals surface area (Å²) < 4.78 is 0. The molecule has 1 atom stereocenters. The van der Waals surface area contributed by atoms with Crippen molar-refractivity contribution in [3.05, 3.63) is 22.0 Å². The standard InChI is InChI=1S/C10H14N4O4/c1-13(5-8(15)6-2-3-6)10(16)9-7(14(17)18)4-11-12-9/h4,6,8,15H,2-3,5H2,1H3,(H,11,12). The molecule has 2 rings (SSSR count). The first-order valence-corrected chi connectivity index (χ1v) is 5.62. The first-order valence-electron chi connectivity index (χ1n) is 5.62. The molecule has 1 aromatic heterocycles. The minimum Gasteiger partial charge on any atom is -0.391 e. The van der Waals surface area contributed by atoms with Crippen LogP contribution in [0.4, 0.5) is 5.69 Å². The Balaban J connectivity index is 2.05. The molecule has 2 N–H and O–H groups in total. The maximum absolute atomic E-state index is 11.9. The highest BCUT2D eigenvalue weighted by Crippen LogP contribution is 2.32. The molecule has 1 amide bonds. The summed E-state index contributed by atoms with van der Waals surface area (Å²) in [7, 11) is 1.50. The molecule has 1 saturated carbocycles. The zero-order valence-electron chi connectivity index (χ0n) is 9.87. The molecule has 1 heterocycles. The summed E-state index contributed by atoms with van der Waals surface area (Å²) in [5.41, 5.74) is -0.516. The van der Waals surface area contributed by atoms with E-state index in [0.29, 0.717) is 0 Å². The summed E-state index contributed by atoms with van der Waals surface area (Å²) in [6.07, 6.45) is 2.36. The van der Waals surface area contributed by atoms with Gasteiger partial charge in [0.1, 0.15) is 6.20 Å². The minimum absolute atomic E-state index is 0.162. The van der Waals surface area contributed by atoms with E-state index >= 15 is 0 Å². The number of aromatic amines is 1. The van der Waals surface area contributed by atoms with Crippen molar-refractivity contribution < 1.29 is 14.8 Å². The zero-order chi connectivity index (χ0) is 13.3. The molecule has 98 valence electrons. The molecule has 0 radical (unpaired) electrons. The molecule has 8 heteroatoms. The molecule has 0 spiro atoms. The first kappa shape index (κ1) is 12.5. The van der Waals surface area contributed by atoms with E-state index in [4.69, 9.17) is 0 Å². The number of rotatable bonds is 5. The minimum atomic E-state index is -0.665. The van der Waals surface area contributed by atoms with Crippen LogP contribution in [0.1, 0.15) is 23.3 Å². The van der Waals surface area contributed by atoms with Crippen molar-refractivity contribution in [3.63, 3.8) is 0 Å². The lowest BCUT2D eigenvalue weighted by atomic mass is 10.2. The van der Waals surface area contributed by atoms with Crippen LogP contribution in [0, 0.1) is 16.0 Å². The number of likely N-dealkylation sites (N-methyl/N-ethyl adjacent to an activating group) is 1. The second kappa shape index (κ2) is 4.73. The number of H-pyrrole nitrogens is 1. The Morgan fingerprint density at radius 1 is 1.78 bits per heavy atom. The largest absolute Gasteiger partial charge is 0.391 e. The highest BCUT2D eigenvalue weighted by Gasteiger charge is 2.32. The van der Waals surface area contributed by atoms with E-state index < -0.39 is 16.9 Å². The van der Waals surface area contributed by atoms with Gasteiger partial charge in [-0.3, -0.25) is 20.0 Å². The van der Waals surface area contributed by atoms with Crippen molar-refractivity contribution in [2.75, 3.05) is 13.6 Å². The molecule has 8 nitrogen and oxygen atoms in total. The van der Waals surface area contributed by atoms with Gasteiger partial charge in [-0.1, -0.05) is 0 Å². The molecule has 0 aliphatic heterocycles. The van der Waals surface area contributed by atoms with Crippen molar-refractivity contribution in [2.24, 2.45) is 5.92 Å². The van der Waals surface area contributed by atoms with E-state index in [0.717, 1.165) is 19.0 Å². The monoisotopic (exact) mass is 254 g/mol. The van der Waals surface area contributed by atoms with E-state index in [1.54, 1.807) is 0 Å². The highest BCUT2D eigenvalue weighted by atomic mass is 16.6. The highest BCUT2D eigenvalue weighted by molar-refractivity contribution is 5.95. The lowest BCUT2D eigenvalue weighted by Crippen LogP contribution is -2.35. The molecule has 1 aliphatic rings. The lowest BCUT2D eigenvalue weighted by molar-refractivity contribution is -0.385. The van der Waals surface area contributed by atoms with Crippen molar-refractivity contribution in [1.82, 2.24) is 15.1 Å². The number of amides is 1. The number of nitro groups is 1. The topological polar surface area (TPSA) is 112 Å². The molecule has 1 unspecified atom stereocenters. The third kappa shape index (κ3) is 2.48. The van der Waals surface area contributed by atoms with Crippen LogP contribution in [0.15, 0.2) is 6.20 Å². The third-order valence-corrected chi connectivity index (χ3v) is 3.00. The van der Waals surface area contributed by atoms with Crippen LogP contribution in [-0.2, 0) is 0 Å². The van der Waals surface area contributed by atoms with Crippen LogP contribution < -0.4 is 0 Å². The molecule has 1 aliphatic carbocycles. The third-order valence-electron chi connectivity index (χ3n) is 3.00. The Morgan fingerprint density at radius 2 is 2.44 bits per heavy atom. The lowest BCUT2D eigenvalue weighted by Gasteiger charge is -2.19. The van der Waals surface area contributed by atoms with Gasteiger partial charge in [-0.05, 0) is 18.8 Å². The van der Waals surface area contributed by atoms with E-state index in [1.165, 1.54) is 11.9 Å². The average Bonchev–Trinajstić information content (AvgIpc) is 3.05. The summed E-state index contributed by atoms with van der Waals surface area (Å²) in [6, 6.07) is 0. The number of aliphatic hydroxyl groups excluding tert-OH is 1. The summed E-state index contributed by atoms with van der Waals surface area (Å²) in [5, 5.41) is 26.2. The molecule has 18 heavy (non-hydrogen) atoms. The van der Waals surface area contributed by atoms with Gasteiger partial charge in [-0.2, -0.15) is 5.10 Å². The maximum atomic E-state index is 11.9. The van der Waals surface area contributed by atoms with Crippen LogP contribution in [0.3, 0.4) is 0 Å². The second-order valence-electron chi connectivity index (χ2n) is 4.48. The van der Waals surface area contributed by atoms with Gasteiger partial charge < -0.3 is 10.0 Å². The van der Waals surface area contributed by atoms with E-state index in [1.807, 2.05) is 0 Å². The van der Waals surface area contributed by atoms with Gasteiger partial charge in [-0.25, -0.2) is 0 Å². The van der Waals surface area contributed by atoms with Gasteiger partial charge in [-0.15, -0.1) is 0 Å². The van der Waals surface area contributed by atoms with Crippen molar-refractivity contribution >= 4 is 11.6 Å². The molecule has 0 bridgehead atoms. The second-order valence-corrected chi connectivity index (χ2v) is 4.48. The number of nitrogens with one attached hydrogen (secondary N) is 1. The number of aliphatic hydroxyl groups is 1. The average molecular weight is 254 g/mol. The summed E-state index contributed by atoms with van der Waals surface area (Å²) in [6.45, 7) is 0.166. The molecule has 0 aromatic carbocycles. The molecular weight excluding hydrogens is 240 g/mol. The zero-order valence-corrected chi connectivity index (χ0v) is 9.87. The predicted octanol–water partition coefficient (Wildman–Crippen LogP) is 0.161. The van der Waals surface area contributed by atoms with Gasteiger partial charge in [0.15, 0.2) is 0 Å². The number of nitrogens with zero attached hydrogens (tertiary/aromatic N) is 3. The van der Waals surface area contributed by atoms with Crippen molar-refractivity contribution in [1.29, 1.82) is 0 Å². The Morgan fingerprint density at radius 3 is 3.00 bits per heavy atom.